The number of likely N-dealkylation sites (N-methyl/N-ethyl adjacent to an activating group) is 1. The first-order chi connectivity index (χ1) is 12.5. The van der Waals surface area contributed by atoms with E-state index in [2.05, 4.69) is 20.9 Å². The van der Waals surface area contributed by atoms with Crippen molar-refractivity contribution in [2.24, 2.45) is 0 Å². The van der Waals surface area contributed by atoms with Crippen LogP contribution in [0.5, 0.6) is 5.75 Å². The van der Waals surface area contributed by atoms with Gasteiger partial charge in [-0.15, -0.1) is 0 Å². The van der Waals surface area contributed by atoms with Crippen LogP contribution >= 0.6 is 27.3 Å². The molecule has 0 radical (unpaired) electrons. The fraction of sp³-hybridized carbons (Fsp3) is 0.333. The predicted octanol–water partition coefficient (Wildman–Crippen LogP) is 4.26. The van der Waals surface area contributed by atoms with Crippen LogP contribution in [-0.2, 0) is 0 Å². The lowest BCUT2D eigenvalue weighted by Gasteiger charge is -2.20. The third kappa shape index (κ3) is 4.25. The van der Waals surface area contributed by atoms with E-state index in [4.69, 9.17) is 9.15 Å². The molecule has 0 aliphatic rings. The molecule has 3 aromatic rings. The fourth-order valence-electron chi connectivity index (χ4n) is 2.41. The van der Waals surface area contributed by atoms with Crippen LogP contribution in [-0.4, -0.2) is 49.6 Å². The minimum absolute atomic E-state index is 0.207. The first kappa shape index (κ1) is 18.9. The molecule has 0 spiro atoms. The maximum Gasteiger partial charge on any atom is 0.295 e. The second-order valence-electron chi connectivity index (χ2n) is 5.92. The van der Waals surface area contributed by atoms with Crippen molar-refractivity contribution in [2.45, 2.75) is 6.92 Å². The topological polar surface area (TPSA) is 58.8 Å². The molecule has 0 N–H and O–H groups in total. The number of thiazole rings is 1. The molecular weight excluding hydrogens is 418 g/mol. The highest BCUT2D eigenvalue weighted by molar-refractivity contribution is 9.10. The molecule has 26 heavy (non-hydrogen) atoms. The van der Waals surface area contributed by atoms with Gasteiger partial charge in [0.15, 0.2) is 15.6 Å². The van der Waals surface area contributed by atoms with Crippen LogP contribution in [0.25, 0.3) is 10.2 Å². The van der Waals surface area contributed by atoms with Crippen molar-refractivity contribution < 1.29 is 13.9 Å². The summed E-state index contributed by atoms with van der Waals surface area (Å²) in [5, 5.41) is 0.646. The number of nitrogens with zero attached hydrogens (tertiary/aromatic N) is 3. The molecule has 0 aliphatic carbocycles. The zero-order valence-electron chi connectivity index (χ0n) is 14.9. The molecule has 0 aliphatic heterocycles. The summed E-state index contributed by atoms with van der Waals surface area (Å²) in [4.78, 5) is 21.3. The van der Waals surface area contributed by atoms with E-state index < -0.39 is 0 Å². The normalized spacial score (nSPS) is 11.3. The standard InChI is InChI=1S/C18H20BrN3O3S/c1-4-24-12-5-6-13-15(11-12)26-18(20-13)22(10-9-21(2)3)17(23)14-7-8-16(19)25-14/h5-8,11H,4,9-10H2,1-3H3. The van der Waals surface area contributed by atoms with Gasteiger partial charge in [0.2, 0.25) is 0 Å². The van der Waals surface area contributed by atoms with Gasteiger partial charge in [-0.2, -0.15) is 0 Å². The molecule has 1 amide bonds. The van der Waals surface area contributed by atoms with Gasteiger partial charge < -0.3 is 14.1 Å². The molecule has 0 saturated carbocycles. The van der Waals surface area contributed by atoms with Gasteiger partial charge in [-0.05, 0) is 67.3 Å². The number of ether oxygens (including phenoxy) is 1. The van der Waals surface area contributed by atoms with Crippen LogP contribution in [0, 0.1) is 0 Å². The first-order valence-corrected chi connectivity index (χ1v) is 9.84. The van der Waals surface area contributed by atoms with Crippen molar-refractivity contribution in [2.75, 3.05) is 38.7 Å². The van der Waals surface area contributed by atoms with Gasteiger partial charge in [0.25, 0.3) is 5.91 Å². The van der Waals surface area contributed by atoms with E-state index in [0.717, 1.165) is 16.0 Å². The van der Waals surface area contributed by atoms with Gasteiger partial charge in [-0.25, -0.2) is 4.98 Å². The van der Waals surface area contributed by atoms with E-state index in [-0.39, 0.29) is 11.7 Å². The minimum atomic E-state index is -0.207. The molecule has 2 heterocycles. The lowest BCUT2D eigenvalue weighted by Crippen LogP contribution is -2.36. The van der Waals surface area contributed by atoms with Crippen LogP contribution in [0.15, 0.2) is 39.4 Å². The van der Waals surface area contributed by atoms with Crippen LogP contribution in [0.2, 0.25) is 0 Å². The summed E-state index contributed by atoms with van der Waals surface area (Å²) in [6, 6.07) is 9.14. The second-order valence-corrected chi connectivity index (χ2v) is 7.71. The van der Waals surface area contributed by atoms with E-state index in [1.165, 1.54) is 11.3 Å². The highest BCUT2D eigenvalue weighted by atomic mass is 79.9. The molecule has 0 bridgehead atoms. The lowest BCUT2D eigenvalue weighted by atomic mass is 10.3. The summed E-state index contributed by atoms with van der Waals surface area (Å²) < 4.78 is 12.5. The zero-order valence-corrected chi connectivity index (χ0v) is 17.3. The Morgan fingerprint density at radius 3 is 2.73 bits per heavy atom. The Balaban J connectivity index is 1.95. The largest absolute Gasteiger partial charge is 0.494 e. The molecule has 0 fully saturated rings. The van der Waals surface area contributed by atoms with Crippen molar-refractivity contribution in [3.63, 3.8) is 0 Å². The highest BCUT2D eigenvalue weighted by Gasteiger charge is 2.24. The maximum atomic E-state index is 13.0. The van der Waals surface area contributed by atoms with E-state index in [9.17, 15) is 4.79 Å². The Hall–Kier alpha value is -1.90. The summed E-state index contributed by atoms with van der Waals surface area (Å²) in [6.07, 6.45) is 0. The Kier molecular flexibility index (Phi) is 5.95. The third-order valence-corrected chi connectivity index (χ3v) is 5.16. The van der Waals surface area contributed by atoms with Crippen LogP contribution < -0.4 is 9.64 Å². The van der Waals surface area contributed by atoms with Crippen LogP contribution in [0.3, 0.4) is 0 Å². The number of amides is 1. The number of anilines is 1. The number of hydrogen-bond acceptors (Lipinski definition) is 6. The molecule has 6 nitrogen and oxygen atoms in total. The number of benzene rings is 1. The van der Waals surface area contributed by atoms with E-state index in [1.807, 2.05) is 44.1 Å². The van der Waals surface area contributed by atoms with Gasteiger partial charge in [0.1, 0.15) is 5.75 Å². The SMILES string of the molecule is CCOc1ccc2nc(N(CCN(C)C)C(=O)c3ccc(Br)o3)sc2c1. The number of carbonyl (C=O) groups excluding carboxylic acids is 1. The molecule has 0 atom stereocenters. The summed E-state index contributed by atoms with van der Waals surface area (Å²) in [5.74, 6) is 0.878. The van der Waals surface area contributed by atoms with E-state index in [0.29, 0.717) is 29.5 Å². The average molecular weight is 438 g/mol. The minimum Gasteiger partial charge on any atom is -0.494 e. The Morgan fingerprint density at radius 2 is 2.08 bits per heavy atom. The molecule has 2 aromatic heterocycles. The van der Waals surface area contributed by atoms with Gasteiger partial charge in [-0.3, -0.25) is 9.69 Å². The number of furan rings is 1. The van der Waals surface area contributed by atoms with Gasteiger partial charge >= 0.3 is 0 Å². The molecule has 0 unspecified atom stereocenters. The first-order valence-electron chi connectivity index (χ1n) is 8.23. The Bertz CT molecular complexity index is 906. The lowest BCUT2D eigenvalue weighted by molar-refractivity contribution is 0.0957. The van der Waals surface area contributed by atoms with E-state index >= 15 is 0 Å². The van der Waals surface area contributed by atoms with Crippen LogP contribution in [0.1, 0.15) is 17.5 Å². The number of fused-ring (bicyclic) bond motifs is 1. The fourth-order valence-corrected chi connectivity index (χ4v) is 3.74. The molecule has 138 valence electrons. The van der Waals surface area contributed by atoms with Crippen molar-refractivity contribution in [3.8, 4) is 5.75 Å². The van der Waals surface area contributed by atoms with Gasteiger partial charge in [0, 0.05) is 13.1 Å². The number of hydrogen-bond donors (Lipinski definition) is 0. The zero-order chi connectivity index (χ0) is 18.7. The molecule has 3 rings (SSSR count). The third-order valence-electron chi connectivity index (χ3n) is 3.69. The van der Waals surface area contributed by atoms with Crippen LogP contribution in [0.4, 0.5) is 5.13 Å². The quantitative estimate of drug-likeness (QED) is 0.552. The van der Waals surface area contributed by atoms with Gasteiger partial charge in [0.05, 0.1) is 16.8 Å². The summed E-state index contributed by atoms with van der Waals surface area (Å²) in [7, 11) is 3.94. The van der Waals surface area contributed by atoms with Crippen molar-refractivity contribution in [3.05, 3.63) is 40.8 Å². The monoisotopic (exact) mass is 437 g/mol. The number of carbonyl (C=O) groups is 1. The summed E-state index contributed by atoms with van der Waals surface area (Å²) in [6.45, 7) is 3.79. The van der Waals surface area contributed by atoms with Crippen molar-refractivity contribution >= 4 is 48.5 Å². The van der Waals surface area contributed by atoms with E-state index in [1.54, 1.807) is 17.0 Å². The number of rotatable bonds is 7. The Morgan fingerprint density at radius 1 is 1.27 bits per heavy atom. The van der Waals surface area contributed by atoms with Crippen molar-refractivity contribution in [1.82, 2.24) is 9.88 Å². The molecule has 0 saturated heterocycles. The number of halogens is 1. The Labute approximate surface area is 164 Å². The average Bonchev–Trinajstić information content (AvgIpc) is 3.20. The smallest absolute Gasteiger partial charge is 0.295 e. The second kappa shape index (κ2) is 8.20. The molecule has 8 heteroatoms. The van der Waals surface area contributed by atoms with Gasteiger partial charge in [-0.1, -0.05) is 11.3 Å². The summed E-state index contributed by atoms with van der Waals surface area (Å²) >= 11 is 4.72. The maximum absolute atomic E-state index is 13.0. The molecular formula is C18H20BrN3O3S. The highest BCUT2D eigenvalue weighted by Crippen LogP contribution is 2.32. The molecule has 1 aromatic carbocycles. The van der Waals surface area contributed by atoms with Crippen molar-refractivity contribution in [1.29, 1.82) is 0 Å². The predicted molar refractivity (Wildman–Crippen MR) is 107 cm³/mol. The number of aromatic nitrogens is 1. The summed E-state index contributed by atoms with van der Waals surface area (Å²) in [5.41, 5.74) is 0.844.